The van der Waals surface area contributed by atoms with Gasteiger partial charge >= 0.3 is 6.18 Å². The van der Waals surface area contributed by atoms with Gasteiger partial charge in [0.2, 0.25) is 0 Å². The summed E-state index contributed by atoms with van der Waals surface area (Å²) in [5.74, 6) is -0.668. The molecule has 1 aromatic heterocycles. The summed E-state index contributed by atoms with van der Waals surface area (Å²) in [6.45, 7) is 5.22. The normalized spacial score (nSPS) is 20.6. The van der Waals surface area contributed by atoms with Crippen molar-refractivity contribution in [1.82, 2.24) is 4.98 Å². The molecule has 1 amide bonds. The van der Waals surface area contributed by atoms with Crippen LogP contribution in [0.4, 0.5) is 30.2 Å². The van der Waals surface area contributed by atoms with E-state index >= 15 is 0 Å². The maximum atomic E-state index is 13.0. The quantitative estimate of drug-likeness (QED) is 0.167. The number of ether oxygens (including phenoxy) is 2. The molecule has 11 nitrogen and oxygen atoms in total. The first-order valence-corrected chi connectivity index (χ1v) is 19.6. The van der Waals surface area contributed by atoms with Crippen LogP contribution in [-0.2, 0) is 28.5 Å². The van der Waals surface area contributed by atoms with Gasteiger partial charge in [0.05, 0.1) is 64.9 Å². The molecule has 304 valence electrons. The largest absolute Gasteiger partial charge is 0.433 e. The van der Waals surface area contributed by atoms with Gasteiger partial charge in [-0.1, -0.05) is 40.2 Å². The highest BCUT2D eigenvalue weighted by Crippen LogP contribution is 2.45. The molecule has 0 radical (unpaired) electrons. The Labute approximate surface area is 337 Å². The summed E-state index contributed by atoms with van der Waals surface area (Å²) in [6, 6.07) is 19.4. The third kappa shape index (κ3) is 8.03. The molecule has 2 unspecified atom stereocenters. The summed E-state index contributed by atoms with van der Waals surface area (Å²) in [6.07, 6.45) is -2.48. The summed E-state index contributed by atoms with van der Waals surface area (Å²) in [4.78, 5) is 20.5. The van der Waals surface area contributed by atoms with Crippen molar-refractivity contribution < 1.29 is 47.9 Å². The van der Waals surface area contributed by atoms with Crippen LogP contribution < -0.4 is 15.1 Å². The summed E-state index contributed by atoms with van der Waals surface area (Å²) >= 11 is 3.51. The number of aliphatic hydroxyl groups excluding tert-OH is 4. The lowest BCUT2D eigenvalue weighted by atomic mass is 9.72. The highest BCUT2D eigenvalue weighted by Gasteiger charge is 2.48. The molecule has 57 heavy (non-hydrogen) atoms. The Balaban J connectivity index is 0.000000218. The molecule has 8 rings (SSSR count). The first-order valence-electron chi connectivity index (χ1n) is 18.8. The number of anilines is 3. The third-order valence-corrected chi connectivity index (χ3v) is 12.4. The van der Waals surface area contributed by atoms with E-state index in [4.69, 9.17) is 9.47 Å². The van der Waals surface area contributed by atoms with Gasteiger partial charge in [0.25, 0.3) is 5.91 Å². The number of amides is 1. The average molecular weight is 856 g/mol. The van der Waals surface area contributed by atoms with Crippen LogP contribution in [0.2, 0.25) is 0 Å². The highest BCUT2D eigenvalue weighted by atomic mass is 79.9. The molecule has 4 aliphatic rings. The monoisotopic (exact) mass is 854 g/mol. The third-order valence-electron chi connectivity index (χ3n) is 11.9. The minimum absolute atomic E-state index is 0.0243. The Kier molecular flexibility index (Phi) is 12.0. The molecule has 15 heteroatoms. The molecule has 0 bridgehead atoms. The Bertz CT molecular complexity index is 2100. The second kappa shape index (κ2) is 16.6. The fourth-order valence-electron chi connectivity index (χ4n) is 8.58. The first kappa shape index (κ1) is 41.1. The van der Waals surface area contributed by atoms with Gasteiger partial charge in [-0.05, 0) is 90.0 Å². The molecule has 5 N–H and O–H groups in total. The van der Waals surface area contributed by atoms with Gasteiger partial charge in [-0.2, -0.15) is 13.2 Å². The van der Waals surface area contributed by atoms with Crippen LogP contribution in [0.25, 0.3) is 11.1 Å². The van der Waals surface area contributed by atoms with Crippen molar-refractivity contribution in [2.75, 3.05) is 81.1 Å². The maximum Gasteiger partial charge on any atom is 0.433 e. The van der Waals surface area contributed by atoms with E-state index in [9.17, 15) is 38.4 Å². The first-order chi connectivity index (χ1) is 27.3. The number of morpholine rings is 2. The Hall–Kier alpha value is -4.09. The number of halogens is 4. The number of aromatic nitrogens is 1. The number of aliphatic hydroxyl groups is 4. The van der Waals surface area contributed by atoms with Gasteiger partial charge in [0.1, 0.15) is 5.69 Å². The van der Waals surface area contributed by atoms with E-state index in [2.05, 4.69) is 54.2 Å². The fraction of sp³-hybridized carbons (Fsp3) is 0.429. The molecular weight excluding hydrogens is 809 g/mol. The van der Waals surface area contributed by atoms with E-state index in [-0.39, 0.29) is 44.1 Å². The lowest BCUT2D eigenvalue weighted by Crippen LogP contribution is -2.61. The predicted octanol–water partition coefficient (Wildman–Crippen LogP) is 5.24. The van der Waals surface area contributed by atoms with Crippen LogP contribution in [0.5, 0.6) is 0 Å². The molecular formula is C42H46BrF3N4O7. The van der Waals surface area contributed by atoms with E-state index in [1.54, 1.807) is 12.1 Å². The number of hydrogen-bond donors (Lipinski definition) is 5. The molecule has 0 spiro atoms. The van der Waals surface area contributed by atoms with E-state index in [1.807, 2.05) is 31.2 Å². The van der Waals surface area contributed by atoms with Crippen LogP contribution >= 0.6 is 15.9 Å². The van der Waals surface area contributed by atoms with E-state index in [1.165, 1.54) is 17.3 Å². The van der Waals surface area contributed by atoms with Crippen LogP contribution in [0.1, 0.15) is 32.7 Å². The SMILES string of the molecule is Cc1ccc(NC(=O)c2ccnc(C(F)(F)F)c2)cc1-c1ccc2c(c1)N1CCOCC1C(CO)(CO)C2.OCC1(CO)Cc2ccc(Br)cc2N2CCOCC21. The molecule has 2 saturated heterocycles. The smallest absolute Gasteiger partial charge is 0.396 e. The Morgan fingerprint density at radius 1 is 0.825 bits per heavy atom. The number of carbonyl (C=O) groups is 1. The van der Waals surface area contributed by atoms with Gasteiger partial charge in [0, 0.05) is 57.2 Å². The van der Waals surface area contributed by atoms with Crippen LogP contribution in [0, 0.1) is 17.8 Å². The number of alkyl halides is 3. The molecule has 4 aromatic rings. The summed E-state index contributed by atoms with van der Waals surface area (Å²) in [5, 5.41) is 42.7. The second-order valence-electron chi connectivity index (χ2n) is 15.3. The van der Waals surface area contributed by atoms with Crippen molar-refractivity contribution in [2.24, 2.45) is 10.8 Å². The minimum Gasteiger partial charge on any atom is -0.396 e. The molecule has 0 saturated carbocycles. The number of hydrogen-bond acceptors (Lipinski definition) is 10. The van der Waals surface area contributed by atoms with Gasteiger partial charge < -0.3 is 45.0 Å². The summed E-state index contributed by atoms with van der Waals surface area (Å²) in [7, 11) is 0. The minimum atomic E-state index is -4.65. The number of aryl methyl sites for hydroxylation is 1. The average Bonchev–Trinajstić information content (AvgIpc) is 3.23. The molecule has 4 aliphatic heterocycles. The molecule has 5 heterocycles. The van der Waals surface area contributed by atoms with Crippen molar-refractivity contribution in [2.45, 2.75) is 38.0 Å². The number of fused-ring (bicyclic) bond motifs is 6. The number of carbonyl (C=O) groups excluding carboxylic acids is 1. The fourth-order valence-corrected chi connectivity index (χ4v) is 8.93. The molecule has 0 aliphatic carbocycles. The topological polar surface area (TPSA) is 148 Å². The van der Waals surface area contributed by atoms with Gasteiger partial charge in [-0.15, -0.1) is 0 Å². The van der Waals surface area contributed by atoms with E-state index < -0.39 is 28.6 Å². The number of rotatable bonds is 7. The lowest BCUT2D eigenvalue weighted by molar-refractivity contribution is -0.141. The molecule has 2 fully saturated rings. The van der Waals surface area contributed by atoms with Gasteiger partial charge in [-0.25, -0.2) is 0 Å². The zero-order valence-corrected chi connectivity index (χ0v) is 33.0. The van der Waals surface area contributed by atoms with Crippen molar-refractivity contribution in [1.29, 1.82) is 0 Å². The number of benzene rings is 3. The number of nitrogens with one attached hydrogen (secondary N) is 1. The van der Waals surface area contributed by atoms with Crippen LogP contribution in [0.15, 0.2) is 77.4 Å². The summed E-state index contributed by atoms with van der Waals surface area (Å²) < 4.78 is 51.4. The Morgan fingerprint density at radius 2 is 1.40 bits per heavy atom. The van der Waals surface area contributed by atoms with Crippen molar-refractivity contribution in [3.8, 4) is 11.1 Å². The molecule has 3 aromatic carbocycles. The number of pyridine rings is 1. The van der Waals surface area contributed by atoms with Gasteiger partial charge in [0.15, 0.2) is 0 Å². The van der Waals surface area contributed by atoms with E-state index in [0.29, 0.717) is 51.5 Å². The van der Waals surface area contributed by atoms with Crippen LogP contribution in [0.3, 0.4) is 0 Å². The van der Waals surface area contributed by atoms with Crippen LogP contribution in [-0.4, -0.2) is 109 Å². The van der Waals surface area contributed by atoms with Crippen molar-refractivity contribution in [3.63, 3.8) is 0 Å². The predicted molar refractivity (Wildman–Crippen MR) is 212 cm³/mol. The lowest BCUT2D eigenvalue weighted by Gasteiger charge is -2.52. The zero-order chi connectivity index (χ0) is 40.5. The summed E-state index contributed by atoms with van der Waals surface area (Å²) in [5.41, 5.74) is 5.11. The number of nitrogens with zero attached hydrogens (tertiary/aromatic N) is 3. The standard InChI is InChI=1S/C28H28F3N3O4.C14H18BrNO3/c1-17-2-5-21(33-26(37)19-6-7-32-24(11-19)28(29,30)31)12-22(17)18-3-4-20-13-27(15-35,16-36)25-14-38-9-8-34(25)23(20)10-18;15-11-2-1-10-6-14(8-17,9-18)13-7-19-4-3-16(13)12(10)5-11/h2-7,10-12,25,35-36H,8-9,13-16H2,1H3,(H,33,37);1-2,5,13,17-18H,3-4,6-9H2. The van der Waals surface area contributed by atoms with Crippen molar-refractivity contribution in [3.05, 3.63) is 105 Å². The second-order valence-corrected chi connectivity index (χ2v) is 16.2. The highest BCUT2D eigenvalue weighted by molar-refractivity contribution is 9.10. The maximum absolute atomic E-state index is 13.0. The van der Waals surface area contributed by atoms with E-state index in [0.717, 1.165) is 51.2 Å². The molecule has 2 atom stereocenters. The Morgan fingerprint density at radius 3 is 1.98 bits per heavy atom. The van der Waals surface area contributed by atoms with Crippen molar-refractivity contribution >= 4 is 38.9 Å². The van der Waals surface area contributed by atoms with Gasteiger partial charge in [-0.3, -0.25) is 9.78 Å². The zero-order valence-electron chi connectivity index (χ0n) is 31.4.